The van der Waals surface area contributed by atoms with Gasteiger partial charge in [0.2, 0.25) is 0 Å². The highest BCUT2D eigenvalue weighted by Crippen LogP contribution is 2.29. The molecule has 0 saturated carbocycles. The van der Waals surface area contributed by atoms with Crippen LogP contribution in [-0.4, -0.2) is 21.4 Å². The highest BCUT2D eigenvalue weighted by molar-refractivity contribution is 5.54. The lowest BCUT2D eigenvalue weighted by Crippen LogP contribution is -2.25. The van der Waals surface area contributed by atoms with Gasteiger partial charge in [-0.1, -0.05) is 61.0 Å². The average molecular weight is 370 g/mol. The number of hydrogen-bond donors (Lipinski definition) is 3. The first kappa shape index (κ1) is 20.9. The first-order valence-corrected chi connectivity index (χ1v) is 9.17. The van der Waals surface area contributed by atoms with E-state index in [4.69, 9.17) is 0 Å². The van der Waals surface area contributed by atoms with Gasteiger partial charge in [-0.25, -0.2) is 4.39 Å². The molecule has 3 nitrogen and oxygen atoms in total. The first-order chi connectivity index (χ1) is 13.0. The van der Waals surface area contributed by atoms with Gasteiger partial charge in [-0.15, -0.1) is 6.58 Å². The van der Waals surface area contributed by atoms with Crippen LogP contribution < -0.4 is 0 Å². The van der Waals surface area contributed by atoms with E-state index in [9.17, 15) is 19.7 Å². The van der Waals surface area contributed by atoms with Crippen molar-refractivity contribution in [3.8, 4) is 5.75 Å². The van der Waals surface area contributed by atoms with Crippen molar-refractivity contribution in [1.82, 2.24) is 0 Å². The number of phenolic OH excluding ortho intramolecular Hbond substituents is 1. The van der Waals surface area contributed by atoms with E-state index in [1.54, 1.807) is 12.1 Å². The fourth-order valence-corrected chi connectivity index (χ4v) is 3.09. The van der Waals surface area contributed by atoms with Gasteiger partial charge in [-0.05, 0) is 42.5 Å². The SMILES string of the molecule is C=C[C@H]([C@H](O)CC/C(=C/c1ccc(O)c(F)c1)CC)[C@H](O)c1ccccc1. The quantitative estimate of drug-likeness (QED) is 0.544. The molecule has 0 amide bonds. The number of aliphatic hydroxyl groups excluding tert-OH is 2. The van der Waals surface area contributed by atoms with Crippen LogP contribution in [0.4, 0.5) is 4.39 Å². The molecule has 0 aromatic heterocycles. The molecule has 144 valence electrons. The Morgan fingerprint density at radius 1 is 1.15 bits per heavy atom. The van der Waals surface area contributed by atoms with E-state index in [0.29, 0.717) is 18.4 Å². The molecule has 3 N–H and O–H groups in total. The second kappa shape index (κ2) is 10.0. The maximum Gasteiger partial charge on any atom is 0.165 e. The van der Waals surface area contributed by atoms with Gasteiger partial charge in [-0.3, -0.25) is 0 Å². The molecule has 27 heavy (non-hydrogen) atoms. The maximum atomic E-state index is 13.5. The van der Waals surface area contributed by atoms with Crippen molar-refractivity contribution in [2.45, 2.75) is 38.4 Å². The normalized spacial score (nSPS) is 15.2. The van der Waals surface area contributed by atoms with E-state index in [1.807, 2.05) is 43.3 Å². The molecule has 0 spiro atoms. The summed E-state index contributed by atoms with van der Waals surface area (Å²) in [6.45, 7) is 5.76. The minimum atomic E-state index is -0.820. The zero-order valence-electron chi connectivity index (χ0n) is 15.6. The molecule has 2 aromatic rings. The zero-order valence-corrected chi connectivity index (χ0v) is 15.6. The third-order valence-electron chi connectivity index (χ3n) is 4.78. The fraction of sp³-hybridized carbons (Fsp3) is 0.304. The van der Waals surface area contributed by atoms with Gasteiger partial charge < -0.3 is 15.3 Å². The summed E-state index contributed by atoms with van der Waals surface area (Å²) in [5.74, 6) is -1.50. The van der Waals surface area contributed by atoms with Crippen LogP contribution in [0.25, 0.3) is 6.08 Å². The Labute approximate surface area is 160 Å². The standard InChI is InChI=1S/C23H27FO3/c1-3-16(14-17-11-13-22(26)20(24)15-17)10-12-21(25)19(4-2)23(27)18-8-6-5-7-9-18/h4-9,11,13-15,19,21,23,25-27H,2-3,10,12H2,1H3/b16-14+/t19-,21-,23-/m1/s1. The van der Waals surface area contributed by atoms with Crippen LogP contribution in [0.15, 0.2) is 66.8 Å². The molecule has 4 heteroatoms. The Kier molecular flexibility index (Phi) is 7.77. The number of hydrogen-bond acceptors (Lipinski definition) is 3. The largest absolute Gasteiger partial charge is 0.505 e. The summed E-state index contributed by atoms with van der Waals surface area (Å²) in [5, 5.41) is 30.4. The molecule has 0 radical (unpaired) electrons. The maximum absolute atomic E-state index is 13.5. The molecule has 0 heterocycles. The van der Waals surface area contributed by atoms with E-state index in [1.165, 1.54) is 12.1 Å². The highest BCUT2D eigenvalue weighted by Gasteiger charge is 2.25. The number of phenols is 1. The molecular formula is C23H27FO3. The van der Waals surface area contributed by atoms with Crippen LogP contribution in [0.2, 0.25) is 0 Å². The Morgan fingerprint density at radius 3 is 2.44 bits per heavy atom. The summed E-state index contributed by atoms with van der Waals surface area (Å²) < 4.78 is 13.5. The van der Waals surface area contributed by atoms with E-state index < -0.39 is 23.9 Å². The molecule has 3 atom stereocenters. The predicted octanol–water partition coefficient (Wildman–Crippen LogP) is 5.00. The van der Waals surface area contributed by atoms with E-state index in [0.717, 1.165) is 17.6 Å². The minimum Gasteiger partial charge on any atom is -0.505 e. The average Bonchev–Trinajstić information content (AvgIpc) is 2.69. The van der Waals surface area contributed by atoms with Gasteiger partial charge in [0.05, 0.1) is 12.2 Å². The molecule has 0 aliphatic rings. The van der Waals surface area contributed by atoms with Gasteiger partial charge in [0, 0.05) is 5.92 Å². The lowest BCUT2D eigenvalue weighted by Gasteiger charge is -2.25. The molecule has 0 saturated heterocycles. The lowest BCUT2D eigenvalue weighted by atomic mass is 9.87. The van der Waals surface area contributed by atoms with E-state index in [-0.39, 0.29) is 5.75 Å². The second-order valence-electron chi connectivity index (χ2n) is 6.64. The summed E-state index contributed by atoms with van der Waals surface area (Å²) in [7, 11) is 0. The molecule has 0 bridgehead atoms. The van der Waals surface area contributed by atoms with Gasteiger partial charge in [0.15, 0.2) is 11.6 Å². The molecule has 0 unspecified atom stereocenters. The minimum absolute atomic E-state index is 0.371. The smallest absolute Gasteiger partial charge is 0.165 e. The van der Waals surface area contributed by atoms with Gasteiger partial charge in [-0.2, -0.15) is 0 Å². The van der Waals surface area contributed by atoms with Gasteiger partial charge in [0.1, 0.15) is 0 Å². The van der Waals surface area contributed by atoms with Crippen molar-refractivity contribution in [3.05, 3.63) is 83.7 Å². The predicted molar refractivity (Wildman–Crippen MR) is 107 cm³/mol. The van der Waals surface area contributed by atoms with Crippen LogP contribution in [0.3, 0.4) is 0 Å². The van der Waals surface area contributed by atoms with Crippen LogP contribution in [-0.2, 0) is 0 Å². The first-order valence-electron chi connectivity index (χ1n) is 9.17. The lowest BCUT2D eigenvalue weighted by molar-refractivity contribution is 0.0318. The van der Waals surface area contributed by atoms with Crippen LogP contribution in [0.1, 0.15) is 43.4 Å². The number of rotatable bonds is 9. The molecule has 2 rings (SSSR count). The summed E-state index contributed by atoms with van der Waals surface area (Å²) >= 11 is 0. The zero-order chi connectivity index (χ0) is 19.8. The summed E-state index contributed by atoms with van der Waals surface area (Å²) in [6.07, 6.45) is 3.73. The topological polar surface area (TPSA) is 60.7 Å². The number of aliphatic hydroxyl groups is 2. The summed E-state index contributed by atoms with van der Waals surface area (Å²) in [4.78, 5) is 0. The highest BCUT2D eigenvalue weighted by atomic mass is 19.1. The van der Waals surface area contributed by atoms with E-state index in [2.05, 4.69) is 6.58 Å². The third kappa shape index (κ3) is 5.78. The number of aromatic hydroxyl groups is 1. The number of allylic oxidation sites excluding steroid dienone is 1. The molecule has 0 fully saturated rings. The van der Waals surface area contributed by atoms with Gasteiger partial charge in [0.25, 0.3) is 0 Å². The van der Waals surface area contributed by atoms with Crippen molar-refractivity contribution in [2.75, 3.05) is 0 Å². The number of benzene rings is 2. The van der Waals surface area contributed by atoms with Crippen molar-refractivity contribution < 1.29 is 19.7 Å². The summed E-state index contributed by atoms with van der Waals surface area (Å²) in [6, 6.07) is 13.5. The Balaban J connectivity index is 2.04. The van der Waals surface area contributed by atoms with E-state index >= 15 is 0 Å². The van der Waals surface area contributed by atoms with Crippen LogP contribution >= 0.6 is 0 Å². The Morgan fingerprint density at radius 2 is 1.85 bits per heavy atom. The molecule has 0 aliphatic carbocycles. The molecule has 0 aliphatic heterocycles. The Bertz CT molecular complexity index is 770. The Hall–Kier alpha value is -2.43. The van der Waals surface area contributed by atoms with Crippen molar-refractivity contribution in [1.29, 1.82) is 0 Å². The number of halogens is 1. The van der Waals surface area contributed by atoms with Gasteiger partial charge >= 0.3 is 0 Å². The molecular weight excluding hydrogens is 343 g/mol. The summed E-state index contributed by atoms with van der Waals surface area (Å²) in [5.41, 5.74) is 2.46. The second-order valence-corrected chi connectivity index (χ2v) is 6.64. The van der Waals surface area contributed by atoms with Crippen molar-refractivity contribution >= 4 is 6.08 Å². The van der Waals surface area contributed by atoms with Crippen molar-refractivity contribution in [2.24, 2.45) is 5.92 Å². The van der Waals surface area contributed by atoms with Crippen LogP contribution in [0, 0.1) is 11.7 Å². The monoisotopic (exact) mass is 370 g/mol. The third-order valence-corrected chi connectivity index (χ3v) is 4.78. The van der Waals surface area contributed by atoms with Crippen molar-refractivity contribution in [3.63, 3.8) is 0 Å². The van der Waals surface area contributed by atoms with Crippen LogP contribution in [0.5, 0.6) is 5.75 Å². The fourth-order valence-electron chi connectivity index (χ4n) is 3.09. The molecule has 2 aromatic carbocycles.